The Morgan fingerprint density at radius 1 is 1.05 bits per heavy atom. The molecule has 3 nitrogen and oxygen atoms in total. The van der Waals surface area contributed by atoms with E-state index in [4.69, 9.17) is 5.84 Å². The van der Waals surface area contributed by atoms with Crippen molar-refractivity contribution in [3.8, 4) is 0 Å². The molecule has 1 unspecified atom stereocenters. The standard InChI is InChI=1S/C16H13BrFN3/c17-14-11(6-2-8-13(14)18)16(21-19)12-7-1-4-10-5-3-9-20-15(10)12/h1-9,16,21H,19H2. The van der Waals surface area contributed by atoms with Gasteiger partial charge in [-0.15, -0.1) is 0 Å². The van der Waals surface area contributed by atoms with Gasteiger partial charge in [-0.1, -0.05) is 36.4 Å². The Labute approximate surface area is 130 Å². The first-order valence-electron chi connectivity index (χ1n) is 6.46. The quantitative estimate of drug-likeness (QED) is 0.562. The molecule has 3 aromatic rings. The number of para-hydroxylation sites is 1. The van der Waals surface area contributed by atoms with Crippen LogP contribution in [0.15, 0.2) is 59.2 Å². The van der Waals surface area contributed by atoms with Crippen molar-refractivity contribution < 1.29 is 4.39 Å². The third-order valence-electron chi connectivity index (χ3n) is 3.43. The van der Waals surface area contributed by atoms with Gasteiger partial charge in [0.1, 0.15) is 5.82 Å². The number of nitrogens with zero attached hydrogens (tertiary/aromatic N) is 1. The van der Waals surface area contributed by atoms with Crippen molar-refractivity contribution in [1.29, 1.82) is 0 Å². The van der Waals surface area contributed by atoms with E-state index in [9.17, 15) is 4.39 Å². The summed E-state index contributed by atoms with van der Waals surface area (Å²) in [5.41, 5.74) is 5.24. The second kappa shape index (κ2) is 5.89. The fourth-order valence-electron chi connectivity index (χ4n) is 2.45. The number of pyridine rings is 1. The Hall–Kier alpha value is -1.82. The Bertz CT molecular complexity index is 786. The fourth-order valence-corrected chi connectivity index (χ4v) is 2.94. The molecular weight excluding hydrogens is 333 g/mol. The highest BCUT2D eigenvalue weighted by molar-refractivity contribution is 9.10. The van der Waals surface area contributed by atoms with Crippen LogP contribution >= 0.6 is 15.9 Å². The first-order valence-corrected chi connectivity index (χ1v) is 7.25. The topological polar surface area (TPSA) is 50.9 Å². The summed E-state index contributed by atoms with van der Waals surface area (Å²) in [6, 6.07) is 14.3. The van der Waals surface area contributed by atoms with Crippen LogP contribution < -0.4 is 11.3 Å². The molecule has 0 spiro atoms. The van der Waals surface area contributed by atoms with E-state index in [1.807, 2.05) is 36.4 Å². The van der Waals surface area contributed by atoms with E-state index in [0.717, 1.165) is 22.0 Å². The van der Waals surface area contributed by atoms with Crippen molar-refractivity contribution in [2.75, 3.05) is 0 Å². The van der Waals surface area contributed by atoms with Crippen molar-refractivity contribution in [2.45, 2.75) is 6.04 Å². The van der Waals surface area contributed by atoms with Gasteiger partial charge in [0.15, 0.2) is 0 Å². The van der Waals surface area contributed by atoms with Gasteiger partial charge in [-0.25, -0.2) is 9.82 Å². The molecule has 3 rings (SSSR count). The van der Waals surface area contributed by atoms with E-state index >= 15 is 0 Å². The molecule has 0 bridgehead atoms. The molecule has 21 heavy (non-hydrogen) atoms. The summed E-state index contributed by atoms with van der Waals surface area (Å²) in [7, 11) is 0. The fraction of sp³-hybridized carbons (Fsp3) is 0.0625. The monoisotopic (exact) mass is 345 g/mol. The summed E-state index contributed by atoms with van der Waals surface area (Å²) in [4.78, 5) is 4.42. The van der Waals surface area contributed by atoms with Crippen molar-refractivity contribution in [1.82, 2.24) is 10.4 Å². The average molecular weight is 346 g/mol. The van der Waals surface area contributed by atoms with Crippen LogP contribution in [0.3, 0.4) is 0 Å². The molecule has 106 valence electrons. The van der Waals surface area contributed by atoms with E-state index in [1.54, 1.807) is 12.3 Å². The zero-order valence-corrected chi connectivity index (χ0v) is 12.6. The third kappa shape index (κ3) is 2.55. The predicted octanol–water partition coefficient (Wildman–Crippen LogP) is 3.69. The number of hydrazine groups is 1. The molecule has 1 heterocycles. The second-order valence-corrected chi connectivity index (χ2v) is 5.46. The van der Waals surface area contributed by atoms with Gasteiger partial charge in [-0.2, -0.15) is 0 Å². The zero-order chi connectivity index (χ0) is 14.8. The van der Waals surface area contributed by atoms with E-state index in [-0.39, 0.29) is 11.9 Å². The number of rotatable bonds is 3. The summed E-state index contributed by atoms with van der Waals surface area (Å²) in [6.45, 7) is 0. The lowest BCUT2D eigenvalue weighted by molar-refractivity contribution is 0.598. The Morgan fingerprint density at radius 2 is 1.76 bits per heavy atom. The normalized spacial score (nSPS) is 12.5. The van der Waals surface area contributed by atoms with Crippen LogP contribution in [-0.2, 0) is 0 Å². The van der Waals surface area contributed by atoms with Crippen LogP contribution in [0.1, 0.15) is 17.2 Å². The van der Waals surface area contributed by atoms with Crippen LogP contribution in [-0.4, -0.2) is 4.98 Å². The molecule has 0 aliphatic heterocycles. The number of hydrogen-bond donors (Lipinski definition) is 2. The number of hydrogen-bond acceptors (Lipinski definition) is 3. The zero-order valence-electron chi connectivity index (χ0n) is 11.1. The maximum Gasteiger partial charge on any atom is 0.137 e. The van der Waals surface area contributed by atoms with Crippen molar-refractivity contribution >= 4 is 26.8 Å². The lowest BCUT2D eigenvalue weighted by Gasteiger charge is -2.19. The minimum absolute atomic E-state index is 0.319. The first kappa shape index (κ1) is 14.1. The molecule has 0 radical (unpaired) electrons. The predicted molar refractivity (Wildman–Crippen MR) is 85.0 cm³/mol. The molecule has 3 N–H and O–H groups in total. The van der Waals surface area contributed by atoms with E-state index < -0.39 is 0 Å². The smallest absolute Gasteiger partial charge is 0.137 e. The average Bonchev–Trinajstić information content (AvgIpc) is 2.52. The van der Waals surface area contributed by atoms with Crippen LogP contribution in [0.2, 0.25) is 0 Å². The van der Waals surface area contributed by atoms with Gasteiger partial charge in [0.05, 0.1) is 16.0 Å². The Balaban J connectivity index is 2.21. The van der Waals surface area contributed by atoms with Gasteiger partial charge in [-0.05, 0) is 33.6 Å². The van der Waals surface area contributed by atoms with Crippen molar-refractivity contribution in [3.05, 3.63) is 76.1 Å². The molecule has 0 saturated carbocycles. The number of fused-ring (bicyclic) bond motifs is 1. The van der Waals surface area contributed by atoms with Gasteiger partial charge in [0, 0.05) is 17.1 Å². The van der Waals surface area contributed by atoms with Gasteiger partial charge >= 0.3 is 0 Å². The van der Waals surface area contributed by atoms with Gasteiger partial charge < -0.3 is 0 Å². The van der Waals surface area contributed by atoms with Crippen LogP contribution in [0.4, 0.5) is 4.39 Å². The molecule has 0 aliphatic rings. The van der Waals surface area contributed by atoms with Crippen LogP contribution in [0.25, 0.3) is 10.9 Å². The maximum absolute atomic E-state index is 13.8. The minimum atomic E-state index is -0.353. The molecular formula is C16H13BrFN3. The van der Waals surface area contributed by atoms with Gasteiger partial charge in [0.2, 0.25) is 0 Å². The highest BCUT2D eigenvalue weighted by Crippen LogP contribution is 2.32. The van der Waals surface area contributed by atoms with Crippen LogP contribution in [0, 0.1) is 5.82 Å². The molecule has 0 saturated heterocycles. The Kier molecular flexibility index (Phi) is 3.96. The third-order valence-corrected chi connectivity index (χ3v) is 4.27. The highest BCUT2D eigenvalue weighted by Gasteiger charge is 2.19. The SMILES string of the molecule is NNC(c1cccc(F)c1Br)c1cccc2cccnc12. The highest BCUT2D eigenvalue weighted by atomic mass is 79.9. The number of aromatic nitrogens is 1. The largest absolute Gasteiger partial charge is 0.271 e. The van der Waals surface area contributed by atoms with Gasteiger partial charge in [-0.3, -0.25) is 10.8 Å². The number of nitrogens with two attached hydrogens (primary N) is 1. The molecule has 0 aliphatic carbocycles. The van der Waals surface area contributed by atoms with Crippen LogP contribution in [0.5, 0.6) is 0 Å². The maximum atomic E-state index is 13.8. The van der Waals surface area contributed by atoms with Crippen molar-refractivity contribution in [2.24, 2.45) is 5.84 Å². The summed E-state index contributed by atoms with van der Waals surface area (Å²) in [6.07, 6.45) is 1.74. The summed E-state index contributed by atoms with van der Waals surface area (Å²) >= 11 is 3.29. The second-order valence-electron chi connectivity index (χ2n) is 4.67. The number of benzene rings is 2. The minimum Gasteiger partial charge on any atom is -0.271 e. The van der Waals surface area contributed by atoms with E-state index in [0.29, 0.717) is 4.47 Å². The molecule has 2 aromatic carbocycles. The van der Waals surface area contributed by atoms with Crippen molar-refractivity contribution in [3.63, 3.8) is 0 Å². The van der Waals surface area contributed by atoms with E-state index in [1.165, 1.54) is 6.07 Å². The lowest BCUT2D eigenvalue weighted by Crippen LogP contribution is -2.29. The summed E-state index contributed by atoms with van der Waals surface area (Å²) in [5, 5.41) is 1.02. The van der Waals surface area contributed by atoms with Gasteiger partial charge in [0.25, 0.3) is 0 Å². The Morgan fingerprint density at radius 3 is 2.57 bits per heavy atom. The summed E-state index contributed by atoms with van der Waals surface area (Å²) in [5.74, 6) is 5.41. The lowest BCUT2D eigenvalue weighted by atomic mass is 9.96. The molecule has 5 heteroatoms. The number of nitrogens with one attached hydrogen (secondary N) is 1. The summed E-state index contributed by atoms with van der Waals surface area (Å²) < 4.78 is 14.2. The molecule has 1 aromatic heterocycles. The molecule has 1 atom stereocenters. The molecule has 0 fully saturated rings. The number of halogens is 2. The molecule has 0 amide bonds. The first-order chi connectivity index (χ1) is 10.2. The van der Waals surface area contributed by atoms with E-state index in [2.05, 4.69) is 26.3 Å².